The van der Waals surface area contributed by atoms with Gasteiger partial charge in [0, 0.05) is 13.1 Å². The van der Waals surface area contributed by atoms with Crippen molar-refractivity contribution >= 4 is 11.8 Å². The SMILES string of the molecule is CCN(CC)CCN1C(=O)[C@@H]2CC=CC[C@H]2C1=O. The first kappa shape index (κ1) is 13.3. The molecule has 0 aromatic rings. The fourth-order valence-electron chi connectivity index (χ4n) is 2.87. The molecule has 1 aliphatic heterocycles. The van der Waals surface area contributed by atoms with E-state index in [0.717, 1.165) is 32.5 Å². The second-order valence-electron chi connectivity index (χ2n) is 5.01. The molecule has 2 atom stereocenters. The van der Waals surface area contributed by atoms with Crippen LogP contribution >= 0.6 is 0 Å². The minimum Gasteiger partial charge on any atom is -0.302 e. The Labute approximate surface area is 109 Å². The molecular weight excluding hydrogens is 228 g/mol. The van der Waals surface area contributed by atoms with Gasteiger partial charge in [-0.15, -0.1) is 0 Å². The largest absolute Gasteiger partial charge is 0.302 e. The third-order valence-corrected chi connectivity index (χ3v) is 4.13. The number of carbonyl (C=O) groups is 2. The number of amides is 2. The average Bonchev–Trinajstić information content (AvgIpc) is 2.65. The molecule has 0 aromatic heterocycles. The van der Waals surface area contributed by atoms with Gasteiger partial charge in [-0.25, -0.2) is 0 Å². The summed E-state index contributed by atoms with van der Waals surface area (Å²) < 4.78 is 0. The number of carbonyl (C=O) groups excluding carboxylic acids is 2. The number of hydrogen-bond donors (Lipinski definition) is 0. The summed E-state index contributed by atoms with van der Waals surface area (Å²) in [6, 6.07) is 0. The van der Waals surface area contributed by atoms with E-state index in [0.29, 0.717) is 6.54 Å². The van der Waals surface area contributed by atoms with Crippen molar-refractivity contribution in [1.82, 2.24) is 9.80 Å². The summed E-state index contributed by atoms with van der Waals surface area (Å²) >= 11 is 0. The smallest absolute Gasteiger partial charge is 0.233 e. The molecule has 100 valence electrons. The number of likely N-dealkylation sites (N-methyl/N-ethyl adjacent to an activating group) is 1. The normalized spacial score (nSPS) is 27.2. The Hall–Kier alpha value is -1.16. The van der Waals surface area contributed by atoms with E-state index in [2.05, 4.69) is 18.7 Å². The van der Waals surface area contributed by atoms with Crippen molar-refractivity contribution in [2.45, 2.75) is 26.7 Å². The van der Waals surface area contributed by atoms with E-state index >= 15 is 0 Å². The van der Waals surface area contributed by atoms with Crippen molar-refractivity contribution in [3.05, 3.63) is 12.2 Å². The highest BCUT2D eigenvalue weighted by Crippen LogP contribution is 2.34. The van der Waals surface area contributed by atoms with Gasteiger partial charge in [0.05, 0.1) is 11.8 Å². The summed E-state index contributed by atoms with van der Waals surface area (Å²) in [7, 11) is 0. The van der Waals surface area contributed by atoms with Crippen LogP contribution in [0.25, 0.3) is 0 Å². The van der Waals surface area contributed by atoms with E-state index in [1.165, 1.54) is 4.90 Å². The second kappa shape index (κ2) is 5.65. The van der Waals surface area contributed by atoms with E-state index in [1.54, 1.807) is 0 Å². The zero-order chi connectivity index (χ0) is 13.1. The monoisotopic (exact) mass is 250 g/mol. The molecule has 0 bridgehead atoms. The highest BCUT2D eigenvalue weighted by Gasteiger charge is 2.46. The molecule has 0 aromatic carbocycles. The minimum atomic E-state index is -0.0841. The predicted molar refractivity (Wildman–Crippen MR) is 69.9 cm³/mol. The Balaban J connectivity index is 1.98. The van der Waals surface area contributed by atoms with Crippen LogP contribution in [-0.4, -0.2) is 47.8 Å². The van der Waals surface area contributed by atoms with Gasteiger partial charge in [0.1, 0.15) is 0 Å². The molecule has 1 aliphatic carbocycles. The maximum atomic E-state index is 12.2. The molecular formula is C14H22N2O2. The van der Waals surface area contributed by atoms with Crippen LogP contribution in [0.4, 0.5) is 0 Å². The Morgan fingerprint density at radius 2 is 1.61 bits per heavy atom. The zero-order valence-electron chi connectivity index (χ0n) is 11.3. The lowest BCUT2D eigenvalue weighted by atomic mass is 9.85. The van der Waals surface area contributed by atoms with Gasteiger partial charge in [-0.1, -0.05) is 26.0 Å². The number of hydrogen-bond acceptors (Lipinski definition) is 3. The van der Waals surface area contributed by atoms with Gasteiger partial charge in [0.15, 0.2) is 0 Å². The molecule has 0 saturated carbocycles. The van der Waals surface area contributed by atoms with Gasteiger partial charge in [0.2, 0.25) is 11.8 Å². The fraction of sp³-hybridized carbons (Fsp3) is 0.714. The molecule has 1 heterocycles. The zero-order valence-corrected chi connectivity index (χ0v) is 11.3. The third kappa shape index (κ3) is 2.34. The molecule has 1 fully saturated rings. The van der Waals surface area contributed by atoms with E-state index in [-0.39, 0.29) is 23.7 Å². The first-order chi connectivity index (χ1) is 8.69. The first-order valence-corrected chi connectivity index (χ1v) is 6.91. The third-order valence-electron chi connectivity index (χ3n) is 4.13. The second-order valence-corrected chi connectivity index (χ2v) is 5.01. The molecule has 4 heteroatoms. The van der Waals surface area contributed by atoms with Crippen LogP contribution in [0.1, 0.15) is 26.7 Å². The van der Waals surface area contributed by atoms with Gasteiger partial charge in [-0.3, -0.25) is 14.5 Å². The van der Waals surface area contributed by atoms with Gasteiger partial charge in [-0.05, 0) is 25.9 Å². The lowest BCUT2D eigenvalue weighted by molar-refractivity contribution is -0.140. The molecule has 4 nitrogen and oxygen atoms in total. The average molecular weight is 250 g/mol. The number of likely N-dealkylation sites (tertiary alicyclic amines) is 1. The fourth-order valence-corrected chi connectivity index (χ4v) is 2.87. The van der Waals surface area contributed by atoms with Gasteiger partial charge >= 0.3 is 0 Å². The van der Waals surface area contributed by atoms with Crippen LogP contribution in [0.5, 0.6) is 0 Å². The maximum Gasteiger partial charge on any atom is 0.233 e. The van der Waals surface area contributed by atoms with Crippen LogP contribution in [0.2, 0.25) is 0 Å². The van der Waals surface area contributed by atoms with Crippen molar-refractivity contribution in [3.63, 3.8) is 0 Å². The predicted octanol–water partition coefficient (Wildman–Crippen LogP) is 1.28. The lowest BCUT2D eigenvalue weighted by Crippen LogP contribution is -2.38. The number of imide groups is 1. The highest BCUT2D eigenvalue weighted by atomic mass is 16.2. The Morgan fingerprint density at radius 3 is 2.06 bits per heavy atom. The van der Waals surface area contributed by atoms with Gasteiger partial charge in [-0.2, -0.15) is 0 Å². The Bertz CT molecular complexity index is 335. The summed E-state index contributed by atoms with van der Waals surface area (Å²) in [5.41, 5.74) is 0. The van der Waals surface area contributed by atoms with Crippen LogP contribution in [0, 0.1) is 11.8 Å². The number of fused-ring (bicyclic) bond motifs is 1. The van der Waals surface area contributed by atoms with Crippen LogP contribution in [-0.2, 0) is 9.59 Å². The Morgan fingerprint density at radius 1 is 1.11 bits per heavy atom. The van der Waals surface area contributed by atoms with E-state index in [4.69, 9.17) is 0 Å². The standard InChI is InChI=1S/C14H22N2O2/c1-3-15(4-2)9-10-16-13(17)11-7-5-6-8-12(11)14(16)18/h5-6,11-12H,3-4,7-10H2,1-2H3/t11-,12-/m1/s1. The molecule has 2 rings (SSSR count). The number of allylic oxidation sites excluding steroid dienone is 2. The van der Waals surface area contributed by atoms with Crippen molar-refractivity contribution in [3.8, 4) is 0 Å². The molecule has 0 spiro atoms. The summed E-state index contributed by atoms with van der Waals surface area (Å²) in [5, 5.41) is 0. The maximum absolute atomic E-state index is 12.2. The van der Waals surface area contributed by atoms with Crippen molar-refractivity contribution in [1.29, 1.82) is 0 Å². The highest BCUT2D eigenvalue weighted by molar-refractivity contribution is 6.05. The molecule has 0 unspecified atom stereocenters. The van der Waals surface area contributed by atoms with Crippen LogP contribution < -0.4 is 0 Å². The van der Waals surface area contributed by atoms with Crippen molar-refractivity contribution < 1.29 is 9.59 Å². The van der Waals surface area contributed by atoms with Crippen LogP contribution in [0.15, 0.2) is 12.2 Å². The summed E-state index contributed by atoms with van der Waals surface area (Å²) in [5.74, 6) is -0.0820. The summed E-state index contributed by atoms with van der Waals surface area (Å²) in [6.07, 6.45) is 5.52. The minimum absolute atomic E-state index is 0.0431. The van der Waals surface area contributed by atoms with Gasteiger partial charge in [0.25, 0.3) is 0 Å². The van der Waals surface area contributed by atoms with E-state index < -0.39 is 0 Å². The molecule has 0 N–H and O–H groups in total. The van der Waals surface area contributed by atoms with E-state index in [9.17, 15) is 9.59 Å². The molecule has 1 saturated heterocycles. The van der Waals surface area contributed by atoms with Crippen molar-refractivity contribution in [2.24, 2.45) is 11.8 Å². The topological polar surface area (TPSA) is 40.6 Å². The molecule has 0 radical (unpaired) electrons. The number of rotatable bonds is 5. The first-order valence-electron chi connectivity index (χ1n) is 6.91. The lowest BCUT2D eigenvalue weighted by Gasteiger charge is -2.22. The summed E-state index contributed by atoms with van der Waals surface area (Å²) in [4.78, 5) is 28.1. The molecule has 2 aliphatic rings. The summed E-state index contributed by atoms with van der Waals surface area (Å²) in [6.45, 7) is 7.45. The molecule has 18 heavy (non-hydrogen) atoms. The van der Waals surface area contributed by atoms with Crippen LogP contribution in [0.3, 0.4) is 0 Å². The van der Waals surface area contributed by atoms with Crippen molar-refractivity contribution in [2.75, 3.05) is 26.2 Å². The van der Waals surface area contributed by atoms with E-state index in [1.807, 2.05) is 12.2 Å². The number of nitrogens with zero attached hydrogens (tertiary/aromatic N) is 2. The van der Waals surface area contributed by atoms with Gasteiger partial charge < -0.3 is 4.90 Å². The Kier molecular flexibility index (Phi) is 4.17. The molecule has 2 amide bonds. The quantitative estimate of drug-likeness (QED) is 0.545.